The van der Waals surface area contributed by atoms with Crippen molar-refractivity contribution in [2.24, 2.45) is 47.3 Å². The van der Waals surface area contributed by atoms with Gasteiger partial charge >= 0.3 is 47.8 Å². The van der Waals surface area contributed by atoms with Crippen LogP contribution in [-0.2, 0) is 48.1 Å². The summed E-state index contributed by atoms with van der Waals surface area (Å²) in [6.07, 6.45) is -1.72. The van der Waals surface area contributed by atoms with Gasteiger partial charge in [0, 0.05) is 0 Å². The van der Waals surface area contributed by atoms with E-state index in [1.54, 1.807) is 0 Å². The molecule has 8 unspecified atom stereocenters. The molecule has 36 heavy (non-hydrogen) atoms. The number of carboxylic acids is 6. The zero-order valence-electron chi connectivity index (χ0n) is 18.2. The molecule has 2 rings (SSSR count). The van der Waals surface area contributed by atoms with Crippen LogP contribution in [0.5, 0.6) is 0 Å². The Morgan fingerprint density at radius 3 is 0.833 bits per heavy atom. The quantitative estimate of drug-likeness (QED) is 0.166. The van der Waals surface area contributed by atoms with Crippen LogP contribution in [0.2, 0.25) is 0 Å². The molecule has 0 aromatic carbocycles. The normalized spacial score (nSPS) is 31.9. The van der Waals surface area contributed by atoms with Crippen LogP contribution in [-0.4, -0.2) is 78.4 Å². The van der Waals surface area contributed by atoms with Crippen molar-refractivity contribution >= 4 is 47.8 Å². The van der Waals surface area contributed by atoms with E-state index in [9.17, 15) is 69.0 Å². The SMILES string of the molecule is O=C(O)C1CCC(C(=O)OOC(=O)C2CCC(C(=O)O)C(C(=O)O)C2C(=O)O)C(C(=O)O)C1C(=O)O. The van der Waals surface area contributed by atoms with Crippen molar-refractivity contribution in [2.45, 2.75) is 25.7 Å². The number of carbonyl (C=O) groups is 8. The van der Waals surface area contributed by atoms with Crippen molar-refractivity contribution in [1.29, 1.82) is 0 Å². The lowest BCUT2D eigenvalue weighted by atomic mass is 9.66. The van der Waals surface area contributed by atoms with Gasteiger partial charge in [-0.25, -0.2) is 19.4 Å². The van der Waals surface area contributed by atoms with E-state index < -0.39 is 121 Å². The van der Waals surface area contributed by atoms with Gasteiger partial charge in [0.25, 0.3) is 0 Å². The third kappa shape index (κ3) is 5.52. The third-order valence-corrected chi connectivity index (χ3v) is 6.67. The average molecular weight is 518 g/mol. The van der Waals surface area contributed by atoms with Crippen LogP contribution in [0.25, 0.3) is 0 Å². The molecule has 16 heteroatoms. The summed E-state index contributed by atoms with van der Waals surface area (Å²) in [5.74, 6) is -28.3. The van der Waals surface area contributed by atoms with E-state index in [1.165, 1.54) is 0 Å². The fraction of sp³-hybridized carbons (Fsp3) is 0.600. The fourth-order valence-corrected chi connectivity index (χ4v) is 5.03. The standard InChI is InChI=1S/C20H22O16/c21-13(22)5-1-3-7(11(17(29)30)9(5)15(25)26)19(33)35-36-20(34)8-4-2-6(14(23)24)10(16(27)28)12(8)18(31)32/h5-12H,1-4H2,(H,21,22)(H,23,24)(H,25,26)(H,27,28)(H,29,30)(H,31,32). The second-order valence-electron chi connectivity index (χ2n) is 8.52. The third-order valence-electron chi connectivity index (χ3n) is 6.67. The van der Waals surface area contributed by atoms with Crippen molar-refractivity contribution < 1.29 is 78.8 Å². The number of hydrogen-bond donors (Lipinski definition) is 6. The van der Waals surface area contributed by atoms with Gasteiger partial charge in [0.05, 0.1) is 47.3 Å². The maximum atomic E-state index is 12.5. The van der Waals surface area contributed by atoms with Crippen LogP contribution in [0.15, 0.2) is 0 Å². The summed E-state index contributed by atoms with van der Waals surface area (Å²) < 4.78 is 0. The smallest absolute Gasteiger partial charge is 0.359 e. The minimum atomic E-state index is -2.06. The average Bonchev–Trinajstić information content (AvgIpc) is 2.79. The van der Waals surface area contributed by atoms with E-state index in [1.807, 2.05) is 0 Å². The highest BCUT2D eigenvalue weighted by molar-refractivity contribution is 5.91. The van der Waals surface area contributed by atoms with Crippen molar-refractivity contribution in [3.05, 3.63) is 0 Å². The molecule has 6 N–H and O–H groups in total. The van der Waals surface area contributed by atoms with Gasteiger partial charge in [-0.1, -0.05) is 0 Å². The van der Waals surface area contributed by atoms with Crippen molar-refractivity contribution in [1.82, 2.24) is 0 Å². The Bertz CT molecular complexity index is 906. The molecule has 2 aliphatic rings. The maximum Gasteiger partial charge on any atom is 0.359 e. The number of aliphatic carboxylic acids is 6. The van der Waals surface area contributed by atoms with E-state index in [0.29, 0.717) is 0 Å². The Morgan fingerprint density at radius 1 is 0.389 bits per heavy atom. The molecule has 198 valence electrons. The molecule has 2 saturated carbocycles. The lowest BCUT2D eigenvalue weighted by molar-refractivity contribution is -0.270. The zero-order chi connectivity index (χ0) is 27.5. The van der Waals surface area contributed by atoms with Gasteiger partial charge in [0.2, 0.25) is 0 Å². The molecule has 0 saturated heterocycles. The Balaban J connectivity index is 2.21. The van der Waals surface area contributed by atoms with E-state index in [-0.39, 0.29) is 0 Å². The molecule has 0 aliphatic heterocycles. The molecule has 0 bridgehead atoms. The first-order valence-electron chi connectivity index (χ1n) is 10.5. The van der Waals surface area contributed by atoms with Crippen LogP contribution >= 0.6 is 0 Å². The molecule has 2 fully saturated rings. The maximum absolute atomic E-state index is 12.5. The van der Waals surface area contributed by atoms with Gasteiger partial charge < -0.3 is 30.6 Å². The van der Waals surface area contributed by atoms with Gasteiger partial charge in [-0.05, 0) is 25.7 Å². The van der Waals surface area contributed by atoms with Crippen LogP contribution in [0.4, 0.5) is 0 Å². The lowest BCUT2D eigenvalue weighted by Gasteiger charge is -2.36. The first-order valence-corrected chi connectivity index (χ1v) is 10.5. The molecule has 8 atom stereocenters. The first kappa shape index (κ1) is 28.0. The summed E-state index contributed by atoms with van der Waals surface area (Å²) in [6, 6.07) is 0. The first-order chi connectivity index (χ1) is 16.7. The lowest BCUT2D eigenvalue weighted by Crippen LogP contribution is -2.49. The molecule has 2 aliphatic carbocycles. The fourth-order valence-electron chi connectivity index (χ4n) is 5.03. The minimum Gasteiger partial charge on any atom is -0.481 e. The van der Waals surface area contributed by atoms with E-state index in [4.69, 9.17) is 0 Å². The Labute approximate surface area is 200 Å². The van der Waals surface area contributed by atoms with Crippen LogP contribution in [0, 0.1) is 47.3 Å². The second kappa shape index (κ2) is 11.0. The van der Waals surface area contributed by atoms with Crippen LogP contribution < -0.4 is 0 Å². The summed E-state index contributed by atoms with van der Waals surface area (Å²) in [5, 5.41) is 56.1. The predicted molar refractivity (Wildman–Crippen MR) is 104 cm³/mol. The van der Waals surface area contributed by atoms with Gasteiger partial charge in [0.1, 0.15) is 0 Å². The summed E-state index contributed by atoms with van der Waals surface area (Å²) >= 11 is 0. The van der Waals surface area contributed by atoms with Gasteiger partial charge in [-0.2, -0.15) is 0 Å². The topological polar surface area (TPSA) is 276 Å². The van der Waals surface area contributed by atoms with Crippen LogP contribution in [0.3, 0.4) is 0 Å². The predicted octanol–water partition coefficient (Wildman–Crippen LogP) is -0.987. The summed E-state index contributed by atoms with van der Waals surface area (Å²) in [4.78, 5) is 103. The van der Waals surface area contributed by atoms with Gasteiger partial charge in [-0.15, -0.1) is 0 Å². The van der Waals surface area contributed by atoms with E-state index in [2.05, 4.69) is 9.78 Å². The molecule has 0 aromatic heterocycles. The zero-order valence-corrected chi connectivity index (χ0v) is 18.2. The van der Waals surface area contributed by atoms with Crippen LogP contribution in [0.1, 0.15) is 25.7 Å². The Kier molecular flexibility index (Phi) is 8.56. The van der Waals surface area contributed by atoms with E-state index >= 15 is 0 Å². The monoisotopic (exact) mass is 518 g/mol. The summed E-state index contributed by atoms with van der Waals surface area (Å²) in [7, 11) is 0. The largest absolute Gasteiger partial charge is 0.481 e. The Hall–Kier alpha value is -4.24. The molecule has 0 aromatic rings. The molecule has 0 amide bonds. The van der Waals surface area contributed by atoms with Crippen molar-refractivity contribution in [2.75, 3.05) is 0 Å². The van der Waals surface area contributed by atoms with Crippen molar-refractivity contribution in [3.8, 4) is 0 Å². The molecule has 0 spiro atoms. The summed E-state index contributed by atoms with van der Waals surface area (Å²) in [6.45, 7) is 0. The number of carboxylic acid groups (broad SMARTS) is 6. The van der Waals surface area contributed by atoms with Gasteiger partial charge in [-0.3, -0.25) is 28.8 Å². The highest BCUT2D eigenvalue weighted by Gasteiger charge is 2.55. The highest BCUT2D eigenvalue weighted by atomic mass is 17.2. The number of rotatable bonds is 8. The summed E-state index contributed by atoms with van der Waals surface area (Å²) in [5.41, 5.74) is 0. The molecule has 16 nitrogen and oxygen atoms in total. The molecule has 0 radical (unpaired) electrons. The van der Waals surface area contributed by atoms with E-state index in [0.717, 1.165) is 0 Å². The van der Waals surface area contributed by atoms with Crippen molar-refractivity contribution in [3.63, 3.8) is 0 Å². The molecular formula is C20H22O16. The number of hydrogen-bond acceptors (Lipinski definition) is 10. The van der Waals surface area contributed by atoms with Gasteiger partial charge in [0.15, 0.2) is 0 Å². The molecule has 0 heterocycles. The minimum absolute atomic E-state index is 0.412. The molecular weight excluding hydrogens is 496 g/mol. The second-order valence-corrected chi connectivity index (χ2v) is 8.52. The Morgan fingerprint density at radius 2 is 0.611 bits per heavy atom. The highest BCUT2D eigenvalue weighted by Crippen LogP contribution is 2.42. The number of carbonyl (C=O) groups excluding carboxylic acids is 2.